The molecule has 0 bridgehead atoms. The van der Waals surface area contributed by atoms with Gasteiger partial charge in [-0.15, -0.1) is 0 Å². The number of aromatic nitrogens is 2. The van der Waals surface area contributed by atoms with Crippen LogP contribution in [0.1, 0.15) is 57.0 Å². The summed E-state index contributed by atoms with van der Waals surface area (Å²) in [6.07, 6.45) is 4.90. The van der Waals surface area contributed by atoms with Crippen molar-refractivity contribution < 1.29 is 0 Å². The van der Waals surface area contributed by atoms with E-state index in [1.807, 2.05) is 0 Å². The van der Waals surface area contributed by atoms with Gasteiger partial charge in [0.2, 0.25) is 0 Å². The average molecular weight is 265 g/mol. The molecule has 0 spiro atoms. The van der Waals surface area contributed by atoms with Gasteiger partial charge in [-0.1, -0.05) is 33.6 Å². The van der Waals surface area contributed by atoms with E-state index in [0.717, 1.165) is 32.0 Å². The van der Waals surface area contributed by atoms with Crippen LogP contribution in [0.3, 0.4) is 0 Å². The van der Waals surface area contributed by atoms with Gasteiger partial charge in [-0.3, -0.25) is 4.68 Å². The van der Waals surface area contributed by atoms with E-state index in [2.05, 4.69) is 49.7 Å². The molecule has 1 rings (SSSR count). The summed E-state index contributed by atoms with van der Waals surface area (Å²) in [5.74, 6) is 0.721. The second-order valence-electron chi connectivity index (χ2n) is 5.93. The first-order chi connectivity index (χ1) is 9.06. The van der Waals surface area contributed by atoms with Crippen molar-refractivity contribution in [1.29, 1.82) is 0 Å². The van der Waals surface area contributed by atoms with E-state index >= 15 is 0 Å². The largest absolute Gasteiger partial charge is 0.316 e. The van der Waals surface area contributed by atoms with Crippen molar-refractivity contribution in [2.45, 2.75) is 66.8 Å². The van der Waals surface area contributed by atoms with Crippen LogP contribution in [0.2, 0.25) is 0 Å². The van der Waals surface area contributed by atoms with Crippen molar-refractivity contribution in [3.63, 3.8) is 0 Å². The summed E-state index contributed by atoms with van der Waals surface area (Å²) < 4.78 is 2.20. The Morgan fingerprint density at radius 2 is 1.95 bits per heavy atom. The normalized spacial score (nSPS) is 11.5. The van der Waals surface area contributed by atoms with Crippen LogP contribution in [0.25, 0.3) is 0 Å². The summed E-state index contributed by atoms with van der Waals surface area (Å²) in [6.45, 7) is 14.3. The Kier molecular flexibility index (Phi) is 7.14. The Balaban J connectivity index is 2.49. The van der Waals surface area contributed by atoms with E-state index < -0.39 is 0 Å². The van der Waals surface area contributed by atoms with Crippen molar-refractivity contribution >= 4 is 0 Å². The van der Waals surface area contributed by atoms with E-state index in [0.29, 0.717) is 0 Å². The number of aryl methyl sites for hydroxylation is 2. The highest BCUT2D eigenvalue weighted by molar-refractivity contribution is 5.24. The summed E-state index contributed by atoms with van der Waals surface area (Å²) in [7, 11) is 0. The molecule has 1 heterocycles. The number of nitrogens with zero attached hydrogens (tertiary/aromatic N) is 2. The molecule has 0 fully saturated rings. The molecular weight excluding hydrogens is 234 g/mol. The second-order valence-corrected chi connectivity index (χ2v) is 5.93. The van der Waals surface area contributed by atoms with Crippen LogP contribution >= 0.6 is 0 Å². The van der Waals surface area contributed by atoms with Gasteiger partial charge in [0.25, 0.3) is 0 Å². The molecule has 0 aliphatic carbocycles. The molecule has 0 saturated carbocycles. The molecule has 0 aromatic carbocycles. The Hall–Kier alpha value is -0.830. The molecule has 3 nitrogen and oxygen atoms in total. The van der Waals surface area contributed by atoms with Gasteiger partial charge in [0.05, 0.1) is 5.69 Å². The van der Waals surface area contributed by atoms with E-state index in [4.69, 9.17) is 0 Å². The van der Waals surface area contributed by atoms with Gasteiger partial charge < -0.3 is 5.32 Å². The van der Waals surface area contributed by atoms with Gasteiger partial charge in [0.15, 0.2) is 0 Å². The molecule has 0 radical (unpaired) electrons. The molecule has 0 aliphatic heterocycles. The molecule has 1 aromatic rings. The van der Waals surface area contributed by atoms with Crippen LogP contribution in [0, 0.1) is 19.8 Å². The first-order valence-corrected chi connectivity index (χ1v) is 7.79. The highest BCUT2D eigenvalue weighted by Crippen LogP contribution is 2.14. The molecule has 0 atom stereocenters. The standard InChI is InChI=1S/C16H31N3/c1-6-7-8-11-19-15(5)16(14(4)18-19)9-10-17-12-13(2)3/h13,17H,6-12H2,1-5H3. The van der Waals surface area contributed by atoms with Crippen LogP contribution < -0.4 is 5.32 Å². The maximum Gasteiger partial charge on any atom is 0.0628 e. The number of hydrogen-bond acceptors (Lipinski definition) is 2. The predicted octanol–water partition coefficient (Wildman–Crippen LogP) is 3.48. The van der Waals surface area contributed by atoms with E-state index in [9.17, 15) is 0 Å². The zero-order valence-corrected chi connectivity index (χ0v) is 13.4. The topological polar surface area (TPSA) is 29.9 Å². The number of rotatable bonds is 9. The molecule has 0 amide bonds. The quantitative estimate of drug-likeness (QED) is 0.693. The van der Waals surface area contributed by atoms with Gasteiger partial charge in [0.1, 0.15) is 0 Å². The Morgan fingerprint density at radius 3 is 2.58 bits per heavy atom. The van der Waals surface area contributed by atoms with Gasteiger partial charge >= 0.3 is 0 Å². The minimum absolute atomic E-state index is 0.721. The van der Waals surface area contributed by atoms with E-state index in [1.54, 1.807) is 0 Å². The van der Waals surface area contributed by atoms with E-state index in [1.165, 1.54) is 36.2 Å². The number of hydrogen-bond donors (Lipinski definition) is 1. The third-order valence-corrected chi connectivity index (χ3v) is 3.61. The lowest BCUT2D eigenvalue weighted by molar-refractivity contribution is 0.538. The van der Waals surface area contributed by atoms with Crippen molar-refractivity contribution in [3.8, 4) is 0 Å². The van der Waals surface area contributed by atoms with Crippen LogP contribution in [0.15, 0.2) is 0 Å². The maximum atomic E-state index is 4.68. The second kappa shape index (κ2) is 8.36. The molecule has 0 aliphatic rings. The molecular formula is C16H31N3. The third kappa shape index (κ3) is 5.35. The first kappa shape index (κ1) is 16.2. The minimum atomic E-state index is 0.721. The Labute approximate surface area is 118 Å². The van der Waals surface area contributed by atoms with E-state index in [-0.39, 0.29) is 0 Å². The Bertz CT molecular complexity index is 366. The van der Waals surface area contributed by atoms with Gasteiger partial charge in [-0.2, -0.15) is 5.10 Å². The van der Waals surface area contributed by atoms with Crippen molar-refractivity contribution in [3.05, 3.63) is 17.0 Å². The molecule has 0 unspecified atom stereocenters. The van der Waals surface area contributed by atoms with Crippen LogP contribution in [0.5, 0.6) is 0 Å². The highest BCUT2D eigenvalue weighted by Gasteiger charge is 2.10. The summed E-state index contributed by atoms with van der Waals surface area (Å²) in [5.41, 5.74) is 4.01. The lowest BCUT2D eigenvalue weighted by atomic mass is 10.1. The Morgan fingerprint density at radius 1 is 1.21 bits per heavy atom. The first-order valence-electron chi connectivity index (χ1n) is 7.79. The third-order valence-electron chi connectivity index (χ3n) is 3.61. The molecule has 1 aromatic heterocycles. The molecule has 110 valence electrons. The fraction of sp³-hybridized carbons (Fsp3) is 0.812. The van der Waals surface area contributed by atoms with Crippen LogP contribution in [-0.2, 0) is 13.0 Å². The zero-order chi connectivity index (χ0) is 14.3. The lowest BCUT2D eigenvalue weighted by Gasteiger charge is -2.08. The fourth-order valence-corrected chi connectivity index (χ4v) is 2.43. The minimum Gasteiger partial charge on any atom is -0.316 e. The number of nitrogens with one attached hydrogen (secondary N) is 1. The van der Waals surface area contributed by atoms with Crippen molar-refractivity contribution in [2.24, 2.45) is 5.92 Å². The summed E-state index contributed by atoms with van der Waals surface area (Å²) in [5, 5.41) is 8.20. The smallest absolute Gasteiger partial charge is 0.0628 e. The predicted molar refractivity (Wildman–Crippen MR) is 82.6 cm³/mol. The zero-order valence-electron chi connectivity index (χ0n) is 13.4. The van der Waals surface area contributed by atoms with Gasteiger partial charge in [0, 0.05) is 12.2 Å². The average Bonchev–Trinajstić information content (AvgIpc) is 2.61. The van der Waals surface area contributed by atoms with Crippen molar-refractivity contribution in [1.82, 2.24) is 15.1 Å². The summed E-state index contributed by atoms with van der Waals surface area (Å²) in [4.78, 5) is 0. The summed E-state index contributed by atoms with van der Waals surface area (Å²) >= 11 is 0. The summed E-state index contributed by atoms with van der Waals surface area (Å²) in [6, 6.07) is 0. The monoisotopic (exact) mass is 265 g/mol. The lowest BCUT2D eigenvalue weighted by Crippen LogP contribution is -2.22. The van der Waals surface area contributed by atoms with Crippen LogP contribution in [0.4, 0.5) is 0 Å². The molecule has 0 saturated heterocycles. The van der Waals surface area contributed by atoms with Crippen LogP contribution in [-0.4, -0.2) is 22.9 Å². The van der Waals surface area contributed by atoms with Gasteiger partial charge in [-0.25, -0.2) is 0 Å². The SMILES string of the molecule is CCCCCn1nc(C)c(CCNCC(C)C)c1C. The number of unbranched alkanes of at least 4 members (excludes halogenated alkanes) is 2. The fourth-order valence-electron chi connectivity index (χ4n) is 2.43. The molecule has 3 heteroatoms. The highest BCUT2D eigenvalue weighted by atomic mass is 15.3. The van der Waals surface area contributed by atoms with Gasteiger partial charge in [-0.05, 0) is 51.3 Å². The molecule has 1 N–H and O–H groups in total. The maximum absolute atomic E-state index is 4.68. The molecule has 19 heavy (non-hydrogen) atoms. The van der Waals surface area contributed by atoms with Crippen molar-refractivity contribution in [2.75, 3.05) is 13.1 Å².